The number of rotatable bonds is 10. The van der Waals surface area contributed by atoms with E-state index in [2.05, 4.69) is 10.6 Å². The molecule has 0 bridgehead atoms. The van der Waals surface area contributed by atoms with Crippen LogP contribution in [0, 0.1) is 6.92 Å². The maximum absolute atomic E-state index is 13.6. The number of para-hydroxylation sites is 1. The average Bonchev–Trinajstić information content (AvgIpc) is 3.36. The Balaban J connectivity index is 1.29. The molecule has 8 heteroatoms. The molecule has 4 aromatic carbocycles. The van der Waals surface area contributed by atoms with Gasteiger partial charge < -0.3 is 15.4 Å². The van der Waals surface area contributed by atoms with Crippen molar-refractivity contribution in [3.05, 3.63) is 126 Å². The maximum Gasteiger partial charge on any atom is 0.262 e. The second kappa shape index (κ2) is 13.1. The van der Waals surface area contributed by atoms with Crippen LogP contribution in [0.2, 0.25) is 0 Å². The highest BCUT2D eigenvalue weighted by molar-refractivity contribution is 8.00. The Morgan fingerprint density at radius 2 is 1.52 bits per heavy atom. The van der Waals surface area contributed by atoms with Gasteiger partial charge in [-0.2, -0.15) is 0 Å². The molecule has 0 aliphatic carbocycles. The fourth-order valence-corrected chi connectivity index (χ4v) is 5.95. The van der Waals surface area contributed by atoms with Gasteiger partial charge in [0.15, 0.2) is 11.7 Å². The zero-order valence-electron chi connectivity index (χ0n) is 21.7. The molecule has 5 rings (SSSR count). The Bertz CT molecular complexity index is 1580. The monoisotopic (exact) mass is 565 g/mol. The summed E-state index contributed by atoms with van der Waals surface area (Å²) < 4.78 is 5.54. The molecular weight excluding hydrogens is 539 g/mol. The van der Waals surface area contributed by atoms with Crippen LogP contribution >= 0.6 is 23.1 Å². The third-order valence-corrected chi connectivity index (χ3v) is 8.03. The van der Waals surface area contributed by atoms with Crippen molar-refractivity contribution in [1.29, 1.82) is 0 Å². The lowest BCUT2D eigenvalue weighted by molar-refractivity contribution is -0.118. The molecule has 1 unspecified atom stereocenters. The molecule has 0 aliphatic rings. The van der Waals surface area contributed by atoms with Gasteiger partial charge in [-0.05, 0) is 42.8 Å². The number of nitrogens with one attached hydrogen (secondary N) is 2. The highest BCUT2D eigenvalue weighted by Gasteiger charge is 2.24. The summed E-state index contributed by atoms with van der Waals surface area (Å²) in [4.78, 5) is 32.7. The first-order chi connectivity index (χ1) is 19.5. The number of thiazole rings is 1. The Morgan fingerprint density at radius 3 is 2.25 bits per heavy atom. The number of amides is 2. The predicted octanol–water partition coefficient (Wildman–Crippen LogP) is 7.61. The molecule has 0 fully saturated rings. The maximum atomic E-state index is 13.6. The normalized spacial score (nSPS) is 11.4. The van der Waals surface area contributed by atoms with Crippen LogP contribution in [-0.4, -0.2) is 23.4 Å². The molecule has 0 spiro atoms. The second-order valence-electron chi connectivity index (χ2n) is 8.87. The summed E-state index contributed by atoms with van der Waals surface area (Å²) in [6.07, 6.45) is 0. The van der Waals surface area contributed by atoms with Gasteiger partial charge >= 0.3 is 0 Å². The highest BCUT2D eigenvalue weighted by atomic mass is 32.2. The van der Waals surface area contributed by atoms with Gasteiger partial charge in [0, 0.05) is 21.0 Å². The van der Waals surface area contributed by atoms with E-state index in [4.69, 9.17) is 9.72 Å². The van der Waals surface area contributed by atoms with E-state index in [1.165, 1.54) is 23.1 Å². The van der Waals surface area contributed by atoms with Crippen LogP contribution in [0.1, 0.15) is 15.7 Å². The molecule has 2 N–H and O–H groups in total. The van der Waals surface area contributed by atoms with Crippen molar-refractivity contribution in [2.75, 3.05) is 17.2 Å². The van der Waals surface area contributed by atoms with Crippen molar-refractivity contribution in [3.63, 3.8) is 0 Å². The standard InChI is InChI=1S/C32H27N3O3S2/c1-22-29(23-12-5-2-6-13-23)34-32(39-22)35-31(37)30(24-14-7-3-8-15-24)40-27-19-11-16-25(20-27)33-28(36)21-38-26-17-9-4-10-18-26/h2-20,30H,21H2,1H3,(H,33,36)(H,34,35,37). The molecule has 2 amide bonds. The molecule has 0 saturated carbocycles. The van der Waals surface area contributed by atoms with Crippen molar-refractivity contribution in [2.24, 2.45) is 0 Å². The van der Waals surface area contributed by atoms with Crippen molar-refractivity contribution in [3.8, 4) is 17.0 Å². The van der Waals surface area contributed by atoms with Crippen molar-refractivity contribution >= 4 is 45.7 Å². The first-order valence-corrected chi connectivity index (χ1v) is 14.4. The van der Waals surface area contributed by atoms with Gasteiger partial charge in [0.2, 0.25) is 5.91 Å². The number of benzene rings is 4. The summed E-state index contributed by atoms with van der Waals surface area (Å²) in [5.74, 6) is 0.192. The quantitative estimate of drug-likeness (QED) is 0.170. The third-order valence-electron chi connectivity index (χ3n) is 5.90. The topological polar surface area (TPSA) is 80.3 Å². The van der Waals surface area contributed by atoms with Crippen molar-refractivity contribution in [1.82, 2.24) is 4.98 Å². The number of hydrogen-bond acceptors (Lipinski definition) is 6. The molecule has 0 saturated heterocycles. The van der Waals surface area contributed by atoms with Gasteiger partial charge in [0.05, 0.1) is 5.69 Å². The van der Waals surface area contributed by atoms with Crippen LogP contribution in [0.3, 0.4) is 0 Å². The van der Waals surface area contributed by atoms with E-state index >= 15 is 0 Å². The smallest absolute Gasteiger partial charge is 0.262 e. The fourth-order valence-electron chi connectivity index (χ4n) is 4.03. The summed E-state index contributed by atoms with van der Waals surface area (Å²) >= 11 is 2.87. The Morgan fingerprint density at radius 1 is 0.850 bits per heavy atom. The van der Waals surface area contributed by atoms with Gasteiger partial charge in [-0.25, -0.2) is 4.98 Å². The molecule has 1 heterocycles. The predicted molar refractivity (Wildman–Crippen MR) is 163 cm³/mol. The molecule has 200 valence electrons. The first kappa shape index (κ1) is 27.2. The lowest BCUT2D eigenvalue weighted by Crippen LogP contribution is -2.20. The summed E-state index contributed by atoms with van der Waals surface area (Å²) in [6, 6.07) is 36.2. The Labute approximate surface area is 241 Å². The zero-order valence-corrected chi connectivity index (χ0v) is 23.4. The lowest BCUT2D eigenvalue weighted by Gasteiger charge is -2.17. The van der Waals surface area contributed by atoms with Gasteiger partial charge in [-0.3, -0.25) is 9.59 Å². The summed E-state index contributed by atoms with van der Waals surface area (Å²) in [5, 5.41) is 5.93. The van der Waals surface area contributed by atoms with E-state index < -0.39 is 5.25 Å². The lowest BCUT2D eigenvalue weighted by atomic mass is 10.1. The minimum atomic E-state index is -0.530. The van der Waals surface area contributed by atoms with Crippen LogP contribution in [0.5, 0.6) is 5.75 Å². The summed E-state index contributed by atoms with van der Waals surface area (Å²) in [5.41, 5.74) is 3.37. The van der Waals surface area contributed by atoms with E-state index in [1.807, 2.05) is 110 Å². The number of nitrogens with zero attached hydrogens (tertiary/aromatic N) is 1. The van der Waals surface area contributed by atoms with E-state index in [1.54, 1.807) is 12.1 Å². The van der Waals surface area contributed by atoms with Crippen molar-refractivity contribution < 1.29 is 14.3 Å². The number of aryl methyl sites for hydroxylation is 1. The largest absolute Gasteiger partial charge is 0.484 e. The zero-order chi connectivity index (χ0) is 27.7. The SMILES string of the molecule is Cc1sc(NC(=O)C(Sc2cccc(NC(=O)COc3ccccc3)c2)c2ccccc2)nc1-c1ccccc1. The van der Waals surface area contributed by atoms with Crippen LogP contribution in [0.25, 0.3) is 11.3 Å². The van der Waals surface area contributed by atoms with Gasteiger partial charge in [0.25, 0.3) is 5.91 Å². The Hall–Kier alpha value is -4.40. The summed E-state index contributed by atoms with van der Waals surface area (Å²) in [6.45, 7) is 1.90. The van der Waals surface area contributed by atoms with Crippen LogP contribution < -0.4 is 15.4 Å². The van der Waals surface area contributed by atoms with Crippen LogP contribution in [-0.2, 0) is 9.59 Å². The molecule has 1 atom stereocenters. The average molecular weight is 566 g/mol. The minimum absolute atomic E-state index is 0.103. The van der Waals surface area contributed by atoms with E-state index in [9.17, 15) is 9.59 Å². The molecule has 0 radical (unpaired) electrons. The van der Waals surface area contributed by atoms with Gasteiger partial charge in [-0.1, -0.05) is 84.9 Å². The highest BCUT2D eigenvalue weighted by Crippen LogP contribution is 2.38. The first-order valence-electron chi connectivity index (χ1n) is 12.7. The number of hydrogen-bond donors (Lipinski definition) is 2. The Kier molecular flexibility index (Phi) is 8.90. The van der Waals surface area contributed by atoms with E-state index in [-0.39, 0.29) is 18.4 Å². The molecule has 0 aliphatic heterocycles. The molecule has 40 heavy (non-hydrogen) atoms. The van der Waals surface area contributed by atoms with Crippen LogP contribution in [0.15, 0.2) is 120 Å². The number of carbonyl (C=O) groups is 2. The van der Waals surface area contributed by atoms with E-state index in [0.29, 0.717) is 16.6 Å². The summed E-state index contributed by atoms with van der Waals surface area (Å²) in [7, 11) is 0. The number of carbonyl (C=O) groups excluding carboxylic acids is 2. The number of anilines is 2. The van der Waals surface area contributed by atoms with Gasteiger partial charge in [-0.15, -0.1) is 23.1 Å². The molecule has 6 nitrogen and oxygen atoms in total. The second-order valence-corrected chi connectivity index (χ2v) is 11.2. The molecule has 1 aromatic heterocycles. The van der Waals surface area contributed by atoms with Gasteiger partial charge in [0.1, 0.15) is 11.0 Å². The molecular formula is C32H27N3O3S2. The number of thioether (sulfide) groups is 1. The number of aromatic nitrogens is 1. The molecule has 5 aromatic rings. The van der Waals surface area contributed by atoms with Crippen molar-refractivity contribution in [2.45, 2.75) is 17.1 Å². The van der Waals surface area contributed by atoms with E-state index in [0.717, 1.165) is 26.6 Å². The number of ether oxygens (including phenoxy) is 1. The minimum Gasteiger partial charge on any atom is -0.484 e. The van der Waals surface area contributed by atoms with Crippen LogP contribution in [0.4, 0.5) is 10.8 Å². The third kappa shape index (κ3) is 7.16. The fraction of sp³-hybridized carbons (Fsp3) is 0.0938.